The fourth-order valence-corrected chi connectivity index (χ4v) is 3.97. The summed E-state index contributed by atoms with van der Waals surface area (Å²) in [4.78, 5) is 0.290. The molecule has 0 aromatic heterocycles. The van der Waals surface area contributed by atoms with E-state index in [-0.39, 0.29) is 0 Å². The molecule has 0 saturated carbocycles. The Morgan fingerprint density at radius 1 is 1.10 bits per heavy atom. The van der Waals surface area contributed by atoms with E-state index < -0.39 is 10.0 Å². The van der Waals surface area contributed by atoms with Gasteiger partial charge in [-0.15, -0.1) is 0 Å². The minimum Gasteiger partial charge on any atom is -0.399 e. The molecule has 0 aliphatic carbocycles. The van der Waals surface area contributed by atoms with Crippen LogP contribution >= 0.6 is 0 Å². The molecule has 0 atom stereocenters. The van der Waals surface area contributed by atoms with Crippen molar-refractivity contribution in [3.63, 3.8) is 0 Å². The minimum absolute atomic E-state index is 0.290. The Morgan fingerprint density at radius 2 is 1.71 bits per heavy atom. The lowest BCUT2D eigenvalue weighted by Gasteiger charge is -2.14. The van der Waals surface area contributed by atoms with E-state index in [1.54, 1.807) is 32.0 Å². The quantitative estimate of drug-likeness (QED) is 0.852. The van der Waals surface area contributed by atoms with Gasteiger partial charge in [-0.3, -0.25) is 4.72 Å². The maximum absolute atomic E-state index is 12.6. The Bertz CT molecular complexity index is 745. The molecule has 4 nitrogen and oxygen atoms in total. The van der Waals surface area contributed by atoms with Gasteiger partial charge in [0.1, 0.15) is 0 Å². The summed E-state index contributed by atoms with van der Waals surface area (Å²) in [6.45, 7) is 5.53. The van der Waals surface area contributed by atoms with Crippen LogP contribution in [0.2, 0.25) is 0 Å². The van der Waals surface area contributed by atoms with Gasteiger partial charge < -0.3 is 5.73 Å². The van der Waals surface area contributed by atoms with Crippen LogP contribution < -0.4 is 10.5 Å². The van der Waals surface area contributed by atoms with Crippen molar-refractivity contribution in [2.75, 3.05) is 10.5 Å². The number of rotatable bonds is 4. The predicted octanol–water partition coefficient (Wildman–Crippen LogP) is 3.25. The lowest BCUT2D eigenvalue weighted by atomic mass is 10.1. The molecule has 2 aromatic rings. The van der Waals surface area contributed by atoms with Crippen molar-refractivity contribution in [3.05, 3.63) is 53.1 Å². The summed E-state index contributed by atoms with van der Waals surface area (Å²) in [5, 5.41) is 0. The van der Waals surface area contributed by atoms with Crippen molar-refractivity contribution >= 4 is 21.4 Å². The molecule has 0 amide bonds. The molecule has 0 aliphatic rings. The fourth-order valence-electron chi connectivity index (χ4n) is 2.47. The molecular formula is C16H20N2O2S. The summed E-state index contributed by atoms with van der Waals surface area (Å²) in [6, 6.07) is 10.8. The number of nitrogen functional groups attached to an aromatic ring is 1. The third kappa shape index (κ3) is 3.36. The van der Waals surface area contributed by atoms with Gasteiger partial charge in [0.05, 0.1) is 4.90 Å². The Hall–Kier alpha value is -2.01. The summed E-state index contributed by atoms with van der Waals surface area (Å²) in [7, 11) is -3.62. The number of sulfonamides is 1. The zero-order chi connectivity index (χ0) is 15.6. The van der Waals surface area contributed by atoms with E-state index in [1.807, 2.05) is 25.1 Å². The fraction of sp³-hybridized carbons (Fsp3) is 0.250. The first-order chi connectivity index (χ1) is 9.83. The zero-order valence-corrected chi connectivity index (χ0v) is 13.3. The highest BCUT2D eigenvalue weighted by atomic mass is 32.2. The van der Waals surface area contributed by atoms with Crippen LogP contribution in [0.3, 0.4) is 0 Å². The Balaban J connectivity index is 2.43. The third-order valence-corrected chi connectivity index (χ3v) is 5.02. The van der Waals surface area contributed by atoms with Gasteiger partial charge in [0.2, 0.25) is 0 Å². The second-order valence-electron chi connectivity index (χ2n) is 5.14. The van der Waals surface area contributed by atoms with Gasteiger partial charge in [-0.1, -0.05) is 19.1 Å². The van der Waals surface area contributed by atoms with Crippen LogP contribution in [0.1, 0.15) is 23.6 Å². The number of aryl methyl sites for hydroxylation is 3. The zero-order valence-electron chi connectivity index (χ0n) is 12.5. The number of nitrogens with two attached hydrogens (primary N) is 1. The van der Waals surface area contributed by atoms with Crippen LogP contribution in [0.15, 0.2) is 41.3 Å². The standard InChI is InChI=1S/C16H20N2O2S/c1-4-13-6-5-7-15(10-13)18-21(19,20)16-11(2)8-14(17)9-12(16)3/h5-10,18H,4,17H2,1-3H3. The average molecular weight is 304 g/mol. The predicted molar refractivity (Wildman–Crippen MR) is 87.0 cm³/mol. The van der Waals surface area contributed by atoms with Gasteiger partial charge in [0, 0.05) is 11.4 Å². The second kappa shape index (κ2) is 5.77. The van der Waals surface area contributed by atoms with Gasteiger partial charge in [0.25, 0.3) is 10.0 Å². The van der Waals surface area contributed by atoms with Crippen molar-refractivity contribution in [3.8, 4) is 0 Å². The van der Waals surface area contributed by atoms with Gasteiger partial charge in [0.15, 0.2) is 0 Å². The Labute approximate surface area is 126 Å². The normalized spacial score (nSPS) is 11.4. The highest BCUT2D eigenvalue weighted by Gasteiger charge is 2.20. The van der Waals surface area contributed by atoms with E-state index in [0.29, 0.717) is 27.4 Å². The number of benzene rings is 2. The molecule has 2 rings (SSSR count). The SMILES string of the molecule is CCc1cccc(NS(=O)(=O)c2c(C)cc(N)cc2C)c1. The largest absolute Gasteiger partial charge is 0.399 e. The van der Waals surface area contributed by atoms with Crippen molar-refractivity contribution in [1.29, 1.82) is 0 Å². The molecular weight excluding hydrogens is 284 g/mol. The van der Waals surface area contributed by atoms with Crippen LogP contribution in [-0.4, -0.2) is 8.42 Å². The summed E-state index contributed by atoms with van der Waals surface area (Å²) in [5.74, 6) is 0. The number of anilines is 2. The van der Waals surface area contributed by atoms with Crippen molar-refractivity contribution < 1.29 is 8.42 Å². The van der Waals surface area contributed by atoms with Gasteiger partial charge in [-0.25, -0.2) is 8.42 Å². The van der Waals surface area contributed by atoms with Gasteiger partial charge >= 0.3 is 0 Å². The number of hydrogen-bond acceptors (Lipinski definition) is 3. The second-order valence-corrected chi connectivity index (χ2v) is 6.76. The van der Waals surface area contributed by atoms with Crippen LogP contribution in [-0.2, 0) is 16.4 Å². The van der Waals surface area contributed by atoms with E-state index >= 15 is 0 Å². The van der Waals surface area contributed by atoms with E-state index in [9.17, 15) is 8.42 Å². The summed E-state index contributed by atoms with van der Waals surface area (Å²) in [6.07, 6.45) is 0.857. The summed E-state index contributed by atoms with van der Waals surface area (Å²) >= 11 is 0. The van der Waals surface area contributed by atoms with Crippen molar-refractivity contribution in [2.45, 2.75) is 32.1 Å². The first kappa shape index (κ1) is 15.4. The maximum Gasteiger partial charge on any atom is 0.262 e. The average Bonchev–Trinajstić information content (AvgIpc) is 2.36. The van der Waals surface area contributed by atoms with Crippen LogP contribution in [0.25, 0.3) is 0 Å². The van der Waals surface area contributed by atoms with Crippen molar-refractivity contribution in [1.82, 2.24) is 0 Å². The van der Waals surface area contributed by atoms with E-state index in [2.05, 4.69) is 4.72 Å². The van der Waals surface area contributed by atoms with E-state index in [4.69, 9.17) is 5.73 Å². The molecule has 0 fully saturated rings. The molecule has 0 heterocycles. The van der Waals surface area contributed by atoms with E-state index in [0.717, 1.165) is 12.0 Å². The molecule has 0 radical (unpaired) electrons. The molecule has 0 saturated heterocycles. The maximum atomic E-state index is 12.6. The van der Waals surface area contributed by atoms with Gasteiger partial charge in [-0.05, 0) is 61.2 Å². The number of hydrogen-bond donors (Lipinski definition) is 2. The summed E-state index contributed by atoms with van der Waals surface area (Å²) < 4.78 is 27.8. The van der Waals surface area contributed by atoms with Crippen molar-refractivity contribution in [2.24, 2.45) is 0 Å². The molecule has 0 spiro atoms. The Kier molecular flexibility index (Phi) is 4.23. The minimum atomic E-state index is -3.62. The Morgan fingerprint density at radius 3 is 2.29 bits per heavy atom. The highest BCUT2D eigenvalue weighted by molar-refractivity contribution is 7.92. The topological polar surface area (TPSA) is 72.2 Å². The molecule has 5 heteroatoms. The molecule has 2 aromatic carbocycles. The monoisotopic (exact) mass is 304 g/mol. The highest BCUT2D eigenvalue weighted by Crippen LogP contribution is 2.25. The third-order valence-electron chi connectivity index (χ3n) is 3.34. The molecule has 0 unspecified atom stereocenters. The molecule has 0 aliphatic heterocycles. The first-order valence-electron chi connectivity index (χ1n) is 6.82. The summed E-state index contributed by atoms with van der Waals surface area (Å²) in [5.41, 5.74) is 9.26. The van der Waals surface area contributed by atoms with Gasteiger partial charge in [-0.2, -0.15) is 0 Å². The van der Waals surface area contributed by atoms with Crippen LogP contribution in [0, 0.1) is 13.8 Å². The molecule has 112 valence electrons. The lowest BCUT2D eigenvalue weighted by molar-refractivity contribution is 0.600. The molecule has 21 heavy (non-hydrogen) atoms. The molecule has 3 N–H and O–H groups in total. The lowest BCUT2D eigenvalue weighted by Crippen LogP contribution is -2.16. The number of nitrogens with one attached hydrogen (secondary N) is 1. The molecule has 0 bridgehead atoms. The van der Waals surface area contributed by atoms with E-state index in [1.165, 1.54) is 0 Å². The first-order valence-corrected chi connectivity index (χ1v) is 8.30. The smallest absolute Gasteiger partial charge is 0.262 e. The van der Waals surface area contributed by atoms with Crippen LogP contribution in [0.4, 0.5) is 11.4 Å². The van der Waals surface area contributed by atoms with Crippen LogP contribution in [0.5, 0.6) is 0 Å².